The van der Waals surface area contributed by atoms with Crippen LogP contribution in [0.2, 0.25) is 0 Å². The Labute approximate surface area is 100 Å². The number of aliphatic hydroxyl groups excluding tert-OH is 1. The van der Waals surface area contributed by atoms with Gasteiger partial charge in [-0.05, 0) is 43.5 Å². The Balaban J connectivity index is 2.00. The first-order valence-corrected chi connectivity index (χ1v) is 5.91. The maximum Gasteiger partial charge on any atom is 0.248 e. The molecule has 1 aliphatic rings. The highest BCUT2D eigenvalue weighted by Crippen LogP contribution is 2.24. The summed E-state index contributed by atoms with van der Waals surface area (Å²) in [6, 6.07) is 6.68. The van der Waals surface area contributed by atoms with E-state index in [1.807, 2.05) is 0 Å². The minimum atomic E-state index is -0.450. The molecule has 0 bridgehead atoms. The highest BCUT2D eigenvalue weighted by molar-refractivity contribution is 5.92. The Morgan fingerprint density at radius 3 is 2.47 bits per heavy atom. The second-order valence-corrected chi connectivity index (χ2v) is 4.40. The third-order valence-corrected chi connectivity index (χ3v) is 3.09. The van der Waals surface area contributed by atoms with Gasteiger partial charge in [-0.15, -0.1) is 0 Å². The number of nitrogens with two attached hydrogens (primary N) is 1. The van der Waals surface area contributed by atoms with E-state index in [1.54, 1.807) is 24.3 Å². The lowest BCUT2D eigenvalue weighted by molar-refractivity contribution is 0.00687. The number of carbonyl (C=O) groups excluding carboxylic acids is 1. The van der Waals surface area contributed by atoms with Gasteiger partial charge in [0, 0.05) is 5.56 Å². The zero-order valence-electron chi connectivity index (χ0n) is 9.63. The SMILES string of the molecule is NC(=O)c1ccc(OC2CCCCC2O)cc1. The first kappa shape index (κ1) is 11.9. The molecule has 0 radical (unpaired) electrons. The predicted octanol–water partition coefficient (Wildman–Crippen LogP) is 1.47. The second kappa shape index (κ2) is 5.19. The summed E-state index contributed by atoms with van der Waals surface area (Å²) < 4.78 is 5.70. The molecule has 92 valence electrons. The van der Waals surface area contributed by atoms with Crippen LogP contribution in [-0.2, 0) is 0 Å². The molecule has 0 spiro atoms. The molecule has 4 nitrogen and oxygen atoms in total. The smallest absolute Gasteiger partial charge is 0.248 e. The van der Waals surface area contributed by atoms with Crippen LogP contribution in [0.5, 0.6) is 5.75 Å². The van der Waals surface area contributed by atoms with E-state index in [0.29, 0.717) is 11.3 Å². The molecule has 1 amide bonds. The summed E-state index contributed by atoms with van der Waals surface area (Å²) in [5.41, 5.74) is 5.61. The Bertz CT molecular complexity index is 388. The molecule has 0 heterocycles. The van der Waals surface area contributed by atoms with Crippen LogP contribution in [0.25, 0.3) is 0 Å². The zero-order chi connectivity index (χ0) is 12.3. The Morgan fingerprint density at radius 2 is 1.88 bits per heavy atom. The van der Waals surface area contributed by atoms with E-state index >= 15 is 0 Å². The first-order valence-electron chi connectivity index (χ1n) is 5.91. The van der Waals surface area contributed by atoms with Crippen molar-refractivity contribution in [2.75, 3.05) is 0 Å². The average molecular weight is 235 g/mol. The summed E-state index contributed by atoms with van der Waals surface area (Å²) >= 11 is 0. The molecule has 1 aliphatic carbocycles. The van der Waals surface area contributed by atoms with Gasteiger partial charge in [-0.2, -0.15) is 0 Å². The molecule has 0 aliphatic heterocycles. The van der Waals surface area contributed by atoms with Crippen molar-refractivity contribution in [3.05, 3.63) is 29.8 Å². The number of aliphatic hydroxyl groups is 1. The summed E-state index contributed by atoms with van der Waals surface area (Å²) in [5, 5.41) is 9.77. The third kappa shape index (κ3) is 2.97. The van der Waals surface area contributed by atoms with E-state index in [1.165, 1.54) is 0 Å². The summed E-state index contributed by atoms with van der Waals surface area (Å²) in [7, 11) is 0. The van der Waals surface area contributed by atoms with Crippen molar-refractivity contribution in [1.29, 1.82) is 0 Å². The van der Waals surface area contributed by atoms with E-state index in [-0.39, 0.29) is 12.2 Å². The van der Waals surface area contributed by atoms with Gasteiger partial charge in [0.1, 0.15) is 11.9 Å². The van der Waals surface area contributed by atoms with Crippen molar-refractivity contribution < 1.29 is 14.6 Å². The van der Waals surface area contributed by atoms with Crippen LogP contribution in [0.1, 0.15) is 36.0 Å². The standard InChI is InChI=1S/C13H17NO3/c14-13(16)9-5-7-10(8-6-9)17-12-4-2-1-3-11(12)15/h5-8,11-12,15H,1-4H2,(H2,14,16). The Morgan fingerprint density at radius 1 is 1.24 bits per heavy atom. The number of hydrogen-bond acceptors (Lipinski definition) is 3. The molecular formula is C13H17NO3. The molecular weight excluding hydrogens is 218 g/mol. The fourth-order valence-electron chi connectivity index (χ4n) is 2.09. The Hall–Kier alpha value is -1.55. The number of ether oxygens (including phenoxy) is 1. The van der Waals surface area contributed by atoms with Crippen LogP contribution in [0.15, 0.2) is 24.3 Å². The van der Waals surface area contributed by atoms with Gasteiger partial charge in [-0.3, -0.25) is 4.79 Å². The second-order valence-electron chi connectivity index (χ2n) is 4.40. The molecule has 0 aromatic heterocycles. The molecule has 2 atom stereocenters. The molecule has 1 saturated carbocycles. The van der Waals surface area contributed by atoms with Crippen molar-refractivity contribution in [2.24, 2.45) is 5.73 Å². The van der Waals surface area contributed by atoms with Gasteiger partial charge in [0.05, 0.1) is 6.10 Å². The fourth-order valence-corrected chi connectivity index (χ4v) is 2.09. The number of primary amides is 1. The summed E-state index contributed by atoms with van der Waals surface area (Å²) in [6.07, 6.45) is 3.29. The maximum atomic E-state index is 10.9. The molecule has 3 N–H and O–H groups in total. The van der Waals surface area contributed by atoms with E-state index in [4.69, 9.17) is 10.5 Å². The number of rotatable bonds is 3. The molecule has 2 unspecified atom stereocenters. The normalized spacial score (nSPS) is 24.3. The van der Waals surface area contributed by atoms with Gasteiger partial charge in [0.25, 0.3) is 0 Å². The topological polar surface area (TPSA) is 72.6 Å². The summed E-state index contributed by atoms with van der Waals surface area (Å²) in [5.74, 6) is 0.218. The Kier molecular flexibility index (Phi) is 3.64. The first-order chi connectivity index (χ1) is 8.16. The van der Waals surface area contributed by atoms with Crippen molar-refractivity contribution in [3.8, 4) is 5.75 Å². The van der Waals surface area contributed by atoms with Gasteiger partial charge >= 0.3 is 0 Å². The minimum absolute atomic E-state index is 0.136. The molecule has 1 aromatic carbocycles. The van der Waals surface area contributed by atoms with Crippen molar-refractivity contribution in [2.45, 2.75) is 37.9 Å². The van der Waals surface area contributed by atoms with E-state index < -0.39 is 5.91 Å². The van der Waals surface area contributed by atoms with Crippen molar-refractivity contribution in [3.63, 3.8) is 0 Å². The van der Waals surface area contributed by atoms with Crippen LogP contribution in [-0.4, -0.2) is 23.2 Å². The van der Waals surface area contributed by atoms with E-state index in [9.17, 15) is 9.90 Å². The number of benzene rings is 1. The highest BCUT2D eigenvalue weighted by atomic mass is 16.5. The number of carbonyl (C=O) groups is 1. The molecule has 4 heteroatoms. The third-order valence-electron chi connectivity index (χ3n) is 3.09. The highest BCUT2D eigenvalue weighted by Gasteiger charge is 2.24. The lowest BCUT2D eigenvalue weighted by Gasteiger charge is -2.28. The fraction of sp³-hybridized carbons (Fsp3) is 0.462. The summed E-state index contributed by atoms with van der Waals surface area (Å²) in [6.45, 7) is 0. The maximum absolute atomic E-state index is 10.9. The van der Waals surface area contributed by atoms with Crippen LogP contribution in [0, 0.1) is 0 Å². The summed E-state index contributed by atoms with van der Waals surface area (Å²) in [4.78, 5) is 10.9. The number of amides is 1. The quantitative estimate of drug-likeness (QED) is 0.833. The van der Waals surface area contributed by atoms with E-state index in [2.05, 4.69) is 0 Å². The number of hydrogen-bond donors (Lipinski definition) is 2. The van der Waals surface area contributed by atoms with Crippen LogP contribution in [0.4, 0.5) is 0 Å². The lowest BCUT2D eigenvalue weighted by atomic mass is 9.95. The van der Waals surface area contributed by atoms with Crippen LogP contribution in [0.3, 0.4) is 0 Å². The average Bonchev–Trinajstić information content (AvgIpc) is 2.33. The van der Waals surface area contributed by atoms with Crippen LogP contribution >= 0.6 is 0 Å². The largest absolute Gasteiger partial charge is 0.488 e. The van der Waals surface area contributed by atoms with E-state index in [0.717, 1.165) is 25.7 Å². The minimum Gasteiger partial charge on any atom is -0.488 e. The molecule has 1 aromatic rings. The molecule has 0 saturated heterocycles. The van der Waals surface area contributed by atoms with Crippen molar-refractivity contribution >= 4 is 5.91 Å². The van der Waals surface area contributed by atoms with Crippen molar-refractivity contribution in [1.82, 2.24) is 0 Å². The molecule has 1 fully saturated rings. The molecule has 17 heavy (non-hydrogen) atoms. The van der Waals surface area contributed by atoms with Gasteiger partial charge < -0.3 is 15.6 Å². The predicted molar refractivity (Wildman–Crippen MR) is 63.9 cm³/mol. The molecule has 2 rings (SSSR count). The monoisotopic (exact) mass is 235 g/mol. The zero-order valence-corrected chi connectivity index (χ0v) is 9.63. The van der Waals surface area contributed by atoms with Gasteiger partial charge in [-0.25, -0.2) is 0 Å². The van der Waals surface area contributed by atoms with Crippen LogP contribution < -0.4 is 10.5 Å². The van der Waals surface area contributed by atoms with Gasteiger partial charge in [0.2, 0.25) is 5.91 Å². The lowest BCUT2D eigenvalue weighted by Crippen LogP contribution is -2.34. The van der Waals surface area contributed by atoms with Gasteiger partial charge in [0.15, 0.2) is 0 Å². The van der Waals surface area contributed by atoms with Gasteiger partial charge in [-0.1, -0.05) is 6.42 Å².